The SMILES string of the molecule is COc1cc(Br)c(Br)c(C=Nc2cc(-c3nc4ccccc4o3)ccc2Br)c1O. The second-order valence-electron chi connectivity index (χ2n) is 6.05. The Hall–Kier alpha value is -2.16. The number of halogens is 3. The van der Waals surface area contributed by atoms with Crippen LogP contribution in [0.1, 0.15) is 5.56 Å². The van der Waals surface area contributed by atoms with Crippen molar-refractivity contribution in [2.45, 2.75) is 0 Å². The van der Waals surface area contributed by atoms with Gasteiger partial charge in [0.15, 0.2) is 17.1 Å². The molecule has 1 heterocycles. The fraction of sp³-hybridized carbons (Fsp3) is 0.0476. The maximum Gasteiger partial charge on any atom is 0.227 e. The van der Waals surface area contributed by atoms with Gasteiger partial charge >= 0.3 is 0 Å². The van der Waals surface area contributed by atoms with E-state index >= 15 is 0 Å². The Morgan fingerprint density at radius 2 is 1.86 bits per heavy atom. The molecule has 0 aliphatic carbocycles. The van der Waals surface area contributed by atoms with E-state index in [-0.39, 0.29) is 5.75 Å². The average molecular weight is 581 g/mol. The van der Waals surface area contributed by atoms with Gasteiger partial charge in [-0.2, -0.15) is 0 Å². The first-order valence-corrected chi connectivity index (χ1v) is 10.8. The van der Waals surface area contributed by atoms with Crippen LogP contribution in [0.15, 0.2) is 71.4 Å². The van der Waals surface area contributed by atoms with Crippen LogP contribution < -0.4 is 4.74 Å². The second-order valence-corrected chi connectivity index (χ2v) is 8.55. The minimum absolute atomic E-state index is 0.00227. The Kier molecular flexibility index (Phi) is 5.76. The number of para-hydroxylation sites is 2. The van der Waals surface area contributed by atoms with Crippen molar-refractivity contribution in [2.24, 2.45) is 4.99 Å². The minimum Gasteiger partial charge on any atom is -0.504 e. The predicted molar refractivity (Wildman–Crippen MR) is 124 cm³/mol. The third-order valence-electron chi connectivity index (χ3n) is 4.23. The standard InChI is InChI=1S/C21H13Br3N2O3/c1-28-18-9-14(23)19(24)12(20(18)27)10-25-16-8-11(6-7-13(16)22)21-26-15-4-2-3-5-17(15)29-21/h2-10,27H,1H3. The summed E-state index contributed by atoms with van der Waals surface area (Å²) in [5.74, 6) is 0.863. The second kappa shape index (κ2) is 8.30. The van der Waals surface area contributed by atoms with Crippen molar-refractivity contribution in [1.29, 1.82) is 0 Å². The molecule has 4 aromatic rings. The summed E-state index contributed by atoms with van der Waals surface area (Å²) >= 11 is 10.4. The summed E-state index contributed by atoms with van der Waals surface area (Å²) in [5, 5.41) is 10.5. The smallest absolute Gasteiger partial charge is 0.227 e. The third kappa shape index (κ3) is 3.97. The monoisotopic (exact) mass is 578 g/mol. The normalized spacial score (nSPS) is 11.4. The molecule has 0 aliphatic heterocycles. The highest BCUT2D eigenvalue weighted by Gasteiger charge is 2.15. The quantitative estimate of drug-likeness (QED) is 0.258. The first-order valence-electron chi connectivity index (χ1n) is 8.42. The molecule has 0 saturated carbocycles. The molecule has 1 N–H and O–H groups in total. The lowest BCUT2D eigenvalue weighted by Crippen LogP contribution is -1.92. The summed E-state index contributed by atoms with van der Waals surface area (Å²) in [4.78, 5) is 9.08. The first-order chi connectivity index (χ1) is 14.0. The number of aromatic nitrogens is 1. The highest BCUT2D eigenvalue weighted by atomic mass is 79.9. The van der Waals surface area contributed by atoms with Gasteiger partial charge in [0, 0.05) is 25.2 Å². The number of hydrogen-bond acceptors (Lipinski definition) is 5. The zero-order valence-electron chi connectivity index (χ0n) is 15.0. The van der Waals surface area contributed by atoms with Gasteiger partial charge < -0.3 is 14.3 Å². The number of hydrogen-bond donors (Lipinski definition) is 1. The van der Waals surface area contributed by atoms with Crippen molar-refractivity contribution in [3.63, 3.8) is 0 Å². The Morgan fingerprint density at radius 1 is 1.07 bits per heavy atom. The van der Waals surface area contributed by atoms with Gasteiger partial charge in [0.1, 0.15) is 5.52 Å². The van der Waals surface area contributed by atoms with Crippen molar-refractivity contribution >= 4 is 70.8 Å². The number of methoxy groups -OCH3 is 1. The molecule has 0 fully saturated rings. The van der Waals surface area contributed by atoms with Gasteiger partial charge in [-0.15, -0.1) is 0 Å². The number of ether oxygens (including phenoxy) is 1. The molecule has 3 aromatic carbocycles. The summed E-state index contributed by atoms with van der Waals surface area (Å²) in [7, 11) is 1.50. The number of rotatable bonds is 4. The number of fused-ring (bicyclic) bond motifs is 1. The van der Waals surface area contributed by atoms with E-state index in [2.05, 4.69) is 57.8 Å². The van der Waals surface area contributed by atoms with E-state index in [0.29, 0.717) is 27.4 Å². The van der Waals surface area contributed by atoms with Crippen molar-refractivity contribution in [1.82, 2.24) is 4.98 Å². The number of phenols is 1. The molecule has 29 heavy (non-hydrogen) atoms. The molecule has 0 atom stereocenters. The van der Waals surface area contributed by atoms with Crippen molar-refractivity contribution in [3.8, 4) is 23.0 Å². The van der Waals surface area contributed by atoms with Gasteiger partial charge in [0.05, 0.1) is 18.4 Å². The Bertz CT molecular complexity index is 1220. The van der Waals surface area contributed by atoms with E-state index in [4.69, 9.17) is 9.15 Å². The number of oxazole rings is 1. The molecular formula is C21H13Br3N2O3. The molecule has 0 saturated heterocycles. The van der Waals surface area contributed by atoms with Crippen LogP contribution in [0.3, 0.4) is 0 Å². The van der Waals surface area contributed by atoms with Gasteiger partial charge in [-0.3, -0.25) is 4.99 Å². The van der Waals surface area contributed by atoms with Crippen LogP contribution in [0.2, 0.25) is 0 Å². The van der Waals surface area contributed by atoms with Crippen molar-refractivity contribution in [2.75, 3.05) is 7.11 Å². The lowest BCUT2D eigenvalue weighted by atomic mass is 10.2. The Morgan fingerprint density at radius 3 is 2.62 bits per heavy atom. The largest absolute Gasteiger partial charge is 0.504 e. The molecule has 4 rings (SSSR count). The fourth-order valence-electron chi connectivity index (χ4n) is 2.76. The molecular weight excluding hydrogens is 568 g/mol. The van der Waals surface area contributed by atoms with Crippen LogP contribution in [0.4, 0.5) is 5.69 Å². The van der Waals surface area contributed by atoms with E-state index in [1.807, 2.05) is 42.5 Å². The van der Waals surface area contributed by atoms with Crippen molar-refractivity contribution in [3.05, 3.63) is 67.5 Å². The fourth-order valence-corrected chi connectivity index (χ4v) is 3.94. The van der Waals surface area contributed by atoms with Gasteiger partial charge in [0.2, 0.25) is 5.89 Å². The summed E-state index contributed by atoms with van der Waals surface area (Å²) in [5.41, 5.74) is 3.48. The van der Waals surface area contributed by atoms with Gasteiger partial charge in [0.25, 0.3) is 0 Å². The lowest BCUT2D eigenvalue weighted by molar-refractivity contribution is 0.372. The summed E-state index contributed by atoms with van der Waals surface area (Å²) < 4.78 is 13.3. The predicted octanol–water partition coefficient (Wildman–Crippen LogP) is 7.25. The van der Waals surface area contributed by atoms with Crippen LogP contribution in [-0.2, 0) is 0 Å². The molecule has 0 amide bonds. The van der Waals surface area contributed by atoms with Crippen LogP contribution >= 0.6 is 47.8 Å². The first kappa shape index (κ1) is 20.1. The van der Waals surface area contributed by atoms with E-state index < -0.39 is 0 Å². The molecule has 5 nitrogen and oxygen atoms in total. The maximum atomic E-state index is 10.5. The van der Waals surface area contributed by atoms with Gasteiger partial charge in [-0.05, 0) is 84.2 Å². The molecule has 0 aliphatic rings. The molecule has 0 spiro atoms. The number of nitrogens with zero attached hydrogens (tertiary/aromatic N) is 2. The molecule has 0 unspecified atom stereocenters. The minimum atomic E-state index is -0.00227. The van der Waals surface area contributed by atoms with E-state index in [1.165, 1.54) is 7.11 Å². The molecule has 0 bridgehead atoms. The van der Waals surface area contributed by atoms with Crippen LogP contribution in [0.5, 0.6) is 11.5 Å². The molecule has 146 valence electrons. The average Bonchev–Trinajstić information content (AvgIpc) is 3.16. The Balaban J connectivity index is 1.75. The summed E-state index contributed by atoms with van der Waals surface area (Å²) in [6.07, 6.45) is 1.57. The number of benzene rings is 3. The Labute approximate surface area is 191 Å². The third-order valence-corrected chi connectivity index (χ3v) is 6.91. The van der Waals surface area contributed by atoms with Gasteiger partial charge in [-0.1, -0.05) is 12.1 Å². The van der Waals surface area contributed by atoms with E-state index in [0.717, 1.165) is 25.6 Å². The summed E-state index contributed by atoms with van der Waals surface area (Å²) in [6, 6.07) is 14.9. The summed E-state index contributed by atoms with van der Waals surface area (Å²) in [6.45, 7) is 0. The maximum absolute atomic E-state index is 10.5. The topological polar surface area (TPSA) is 67.9 Å². The van der Waals surface area contributed by atoms with Crippen LogP contribution in [-0.4, -0.2) is 23.4 Å². The van der Waals surface area contributed by atoms with Crippen LogP contribution in [0, 0.1) is 0 Å². The number of phenolic OH excluding ortho intramolecular Hbond substituents is 1. The zero-order chi connectivity index (χ0) is 20.5. The lowest BCUT2D eigenvalue weighted by Gasteiger charge is -2.10. The zero-order valence-corrected chi connectivity index (χ0v) is 19.7. The van der Waals surface area contributed by atoms with E-state index in [9.17, 15) is 5.11 Å². The molecule has 8 heteroatoms. The number of aromatic hydroxyl groups is 1. The van der Waals surface area contributed by atoms with Gasteiger partial charge in [-0.25, -0.2) is 4.98 Å². The highest BCUT2D eigenvalue weighted by Crippen LogP contribution is 2.40. The van der Waals surface area contributed by atoms with E-state index in [1.54, 1.807) is 12.3 Å². The molecule has 1 aromatic heterocycles. The van der Waals surface area contributed by atoms with Crippen LogP contribution in [0.25, 0.3) is 22.6 Å². The number of aliphatic imine (C=N–C) groups is 1. The molecule has 0 radical (unpaired) electrons. The highest BCUT2D eigenvalue weighted by molar-refractivity contribution is 9.13. The van der Waals surface area contributed by atoms with Crippen molar-refractivity contribution < 1.29 is 14.3 Å².